The second kappa shape index (κ2) is 5.32. The maximum atomic E-state index is 11.7. The van der Waals surface area contributed by atoms with Gasteiger partial charge in [-0.25, -0.2) is 4.98 Å². The highest BCUT2D eigenvalue weighted by molar-refractivity contribution is 5.91. The topological polar surface area (TPSA) is 58.2 Å². The molecule has 2 aromatic carbocycles. The number of pyridine rings is 1. The van der Waals surface area contributed by atoms with Gasteiger partial charge >= 0.3 is 0 Å². The van der Waals surface area contributed by atoms with E-state index < -0.39 is 0 Å². The van der Waals surface area contributed by atoms with E-state index in [0.717, 1.165) is 28.3 Å². The van der Waals surface area contributed by atoms with Crippen LogP contribution in [0.25, 0.3) is 27.7 Å². The average Bonchev–Trinajstić information content (AvgIpc) is 3.01. The number of aromatic nitrogens is 2. The van der Waals surface area contributed by atoms with Crippen LogP contribution < -0.4 is 0 Å². The van der Waals surface area contributed by atoms with Crippen LogP contribution in [0.15, 0.2) is 54.6 Å². The molecule has 2 heterocycles. The molecule has 0 atom stereocenters. The maximum absolute atomic E-state index is 11.7. The molecule has 0 bridgehead atoms. The lowest BCUT2D eigenvalue weighted by Gasteiger charge is -2.04. The number of nitrogens with zero attached hydrogens (tertiary/aromatic N) is 3. The summed E-state index contributed by atoms with van der Waals surface area (Å²) in [6.45, 7) is 1.82. The van der Waals surface area contributed by atoms with Crippen molar-refractivity contribution in [2.75, 3.05) is 0 Å². The summed E-state index contributed by atoms with van der Waals surface area (Å²) in [6, 6.07) is 19.7. The Morgan fingerprint density at radius 2 is 1.88 bits per heavy atom. The fraction of sp³-hybridized carbons (Fsp3) is 0.0500. The molecule has 2 aromatic heterocycles. The van der Waals surface area contributed by atoms with Gasteiger partial charge in [0.05, 0.1) is 5.56 Å². The molecule has 0 radical (unpaired) electrons. The number of carbonyl (C=O) groups is 1. The van der Waals surface area contributed by atoms with Gasteiger partial charge in [-0.15, -0.1) is 0 Å². The number of imidazole rings is 1. The predicted molar refractivity (Wildman–Crippen MR) is 93.0 cm³/mol. The van der Waals surface area contributed by atoms with Gasteiger partial charge in [0.2, 0.25) is 0 Å². The van der Waals surface area contributed by atoms with Crippen molar-refractivity contribution in [2.45, 2.75) is 6.92 Å². The minimum atomic E-state index is 0.467. The van der Waals surface area contributed by atoms with Crippen molar-refractivity contribution < 1.29 is 4.79 Å². The minimum absolute atomic E-state index is 0.467. The van der Waals surface area contributed by atoms with Crippen LogP contribution in [0.4, 0.5) is 0 Å². The summed E-state index contributed by atoms with van der Waals surface area (Å²) in [5.74, 6) is 0. The normalized spacial score (nSPS) is 10.8. The van der Waals surface area contributed by atoms with E-state index in [1.807, 2.05) is 49.4 Å². The molecule has 0 fully saturated rings. The summed E-state index contributed by atoms with van der Waals surface area (Å²) in [6.07, 6.45) is 0.804. The number of aryl methyl sites for hydroxylation is 1. The van der Waals surface area contributed by atoms with Gasteiger partial charge in [0.1, 0.15) is 23.1 Å². The van der Waals surface area contributed by atoms with Gasteiger partial charge in [-0.05, 0) is 35.9 Å². The highest BCUT2D eigenvalue weighted by Gasteiger charge is 2.16. The van der Waals surface area contributed by atoms with E-state index in [-0.39, 0.29) is 0 Å². The molecule has 114 valence electrons. The number of hydrogen-bond donors (Lipinski definition) is 0. The fourth-order valence-electron chi connectivity index (χ4n) is 3.09. The van der Waals surface area contributed by atoms with Crippen LogP contribution in [0.1, 0.15) is 21.7 Å². The zero-order valence-corrected chi connectivity index (χ0v) is 13.0. The van der Waals surface area contributed by atoms with Crippen LogP contribution in [0, 0.1) is 18.3 Å². The Labute approximate surface area is 138 Å². The SMILES string of the molecule is Cc1c(C#N)ccc2nc(-c3ccc4ccccc4c3)c(C=O)n12. The first-order chi connectivity index (χ1) is 11.7. The largest absolute Gasteiger partial charge is 0.296 e. The number of benzene rings is 2. The second-order valence-corrected chi connectivity index (χ2v) is 5.66. The van der Waals surface area contributed by atoms with Crippen molar-refractivity contribution in [1.29, 1.82) is 5.26 Å². The summed E-state index contributed by atoms with van der Waals surface area (Å²) in [5, 5.41) is 11.4. The minimum Gasteiger partial charge on any atom is -0.296 e. The summed E-state index contributed by atoms with van der Waals surface area (Å²) < 4.78 is 1.75. The summed E-state index contributed by atoms with van der Waals surface area (Å²) >= 11 is 0. The van der Waals surface area contributed by atoms with Gasteiger partial charge in [0.15, 0.2) is 6.29 Å². The van der Waals surface area contributed by atoms with Crippen LogP contribution in [0.2, 0.25) is 0 Å². The molecule has 0 saturated carbocycles. The Hall–Kier alpha value is -3.45. The Morgan fingerprint density at radius 1 is 1.08 bits per heavy atom. The molecule has 4 aromatic rings. The number of carbonyl (C=O) groups excluding carboxylic acids is 1. The average molecular weight is 311 g/mol. The molecular formula is C20H13N3O. The molecule has 0 amide bonds. The molecule has 0 aliphatic heterocycles. The summed E-state index contributed by atoms with van der Waals surface area (Å²) in [7, 11) is 0. The van der Waals surface area contributed by atoms with E-state index >= 15 is 0 Å². The lowest BCUT2D eigenvalue weighted by Crippen LogP contribution is -1.99. The molecule has 4 heteroatoms. The lowest BCUT2D eigenvalue weighted by molar-refractivity contribution is 0.111. The Morgan fingerprint density at radius 3 is 2.62 bits per heavy atom. The smallest absolute Gasteiger partial charge is 0.169 e. The Balaban J connectivity index is 2.03. The number of fused-ring (bicyclic) bond motifs is 2. The third-order valence-corrected chi connectivity index (χ3v) is 4.32. The van der Waals surface area contributed by atoms with E-state index in [2.05, 4.69) is 11.1 Å². The van der Waals surface area contributed by atoms with Crippen LogP contribution in [0.3, 0.4) is 0 Å². The van der Waals surface area contributed by atoms with Crippen molar-refractivity contribution in [3.8, 4) is 17.3 Å². The zero-order chi connectivity index (χ0) is 16.7. The number of rotatable bonds is 2. The molecule has 0 aliphatic rings. The van der Waals surface area contributed by atoms with Gasteiger partial charge in [-0.3, -0.25) is 9.20 Å². The highest BCUT2D eigenvalue weighted by atomic mass is 16.1. The zero-order valence-electron chi connectivity index (χ0n) is 13.0. The Kier molecular flexibility index (Phi) is 3.14. The van der Waals surface area contributed by atoms with E-state index in [1.54, 1.807) is 16.5 Å². The van der Waals surface area contributed by atoms with Crippen LogP contribution in [-0.2, 0) is 0 Å². The van der Waals surface area contributed by atoms with Crippen molar-refractivity contribution in [2.24, 2.45) is 0 Å². The first-order valence-corrected chi connectivity index (χ1v) is 7.59. The molecule has 24 heavy (non-hydrogen) atoms. The third-order valence-electron chi connectivity index (χ3n) is 4.32. The van der Waals surface area contributed by atoms with Crippen molar-refractivity contribution in [1.82, 2.24) is 9.38 Å². The van der Waals surface area contributed by atoms with Crippen LogP contribution in [-0.4, -0.2) is 15.7 Å². The third kappa shape index (κ3) is 1.99. The van der Waals surface area contributed by atoms with E-state index in [1.165, 1.54) is 0 Å². The molecule has 4 nitrogen and oxygen atoms in total. The summed E-state index contributed by atoms with van der Waals surface area (Å²) in [4.78, 5) is 16.4. The lowest BCUT2D eigenvalue weighted by atomic mass is 10.0. The Bertz CT molecular complexity index is 1150. The van der Waals surface area contributed by atoms with Crippen LogP contribution in [0.5, 0.6) is 0 Å². The monoisotopic (exact) mass is 311 g/mol. The molecule has 4 rings (SSSR count). The standard InChI is InChI=1S/C20H13N3O/c1-13-17(11-21)8-9-19-22-20(18(12-24)23(13)19)16-7-6-14-4-2-3-5-15(14)10-16/h2-10,12H,1H3. The van der Waals surface area contributed by atoms with Gasteiger partial charge < -0.3 is 0 Å². The molecule has 0 N–H and O–H groups in total. The quantitative estimate of drug-likeness (QED) is 0.523. The first kappa shape index (κ1) is 14.2. The highest BCUT2D eigenvalue weighted by Crippen LogP contribution is 2.28. The predicted octanol–water partition coefficient (Wildman–Crippen LogP) is 4.15. The van der Waals surface area contributed by atoms with Gasteiger partial charge in [0, 0.05) is 11.3 Å². The molecule has 0 unspecified atom stereocenters. The molecular weight excluding hydrogens is 298 g/mol. The van der Waals surface area contributed by atoms with Crippen LogP contribution >= 0.6 is 0 Å². The van der Waals surface area contributed by atoms with Gasteiger partial charge in [0.25, 0.3) is 0 Å². The fourth-order valence-corrected chi connectivity index (χ4v) is 3.09. The maximum Gasteiger partial charge on any atom is 0.169 e. The van der Waals surface area contributed by atoms with Crippen molar-refractivity contribution >= 4 is 22.7 Å². The number of hydrogen-bond acceptors (Lipinski definition) is 3. The molecule has 0 aliphatic carbocycles. The van der Waals surface area contributed by atoms with Gasteiger partial charge in [-0.1, -0.05) is 36.4 Å². The van der Waals surface area contributed by atoms with Crippen molar-refractivity contribution in [3.63, 3.8) is 0 Å². The van der Waals surface area contributed by atoms with E-state index in [0.29, 0.717) is 22.6 Å². The second-order valence-electron chi connectivity index (χ2n) is 5.66. The van der Waals surface area contributed by atoms with E-state index in [4.69, 9.17) is 0 Å². The van der Waals surface area contributed by atoms with Gasteiger partial charge in [-0.2, -0.15) is 5.26 Å². The molecule has 0 saturated heterocycles. The van der Waals surface area contributed by atoms with E-state index in [9.17, 15) is 10.1 Å². The first-order valence-electron chi connectivity index (χ1n) is 7.59. The number of aldehydes is 1. The summed E-state index contributed by atoms with van der Waals surface area (Å²) in [5.41, 5.74) is 3.91. The molecule has 0 spiro atoms. The number of nitriles is 1. The van der Waals surface area contributed by atoms with Crippen molar-refractivity contribution in [3.05, 3.63) is 71.5 Å².